The zero-order chi connectivity index (χ0) is 12.8. The summed E-state index contributed by atoms with van der Waals surface area (Å²) in [5, 5.41) is 3.48. The Labute approximate surface area is 113 Å². The van der Waals surface area contributed by atoms with Gasteiger partial charge in [-0.3, -0.25) is 0 Å². The molecule has 0 aromatic carbocycles. The number of likely N-dealkylation sites (tertiary alicyclic amines) is 1. The third-order valence-corrected chi connectivity index (χ3v) is 4.80. The first kappa shape index (κ1) is 14.3. The van der Waals surface area contributed by atoms with E-state index in [1.807, 2.05) is 0 Å². The second-order valence-corrected chi connectivity index (χ2v) is 6.17. The highest BCUT2D eigenvalue weighted by atomic mass is 15.2. The van der Waals surface area contributed by atoms with Crippen LogP contribution in [-0.4, -0.2) is 62.2 Å². The minimum Gasteiger partial charge on any atom is -0.317 e. The molecule has 0 spiro atoms. The Hall–Kier alpha value is -0.120. The second kappa shape index (κ2) is 7.46. The van der Waals surface area contributed by atoms with Crippen molar-refractivity contribution in [2.75, 3.05) is 46.3 Å². The van der Waals surface area contributed by atoms with Gasteiger partial charge in [-0.05, 0) is 77.8 Å². The molecule has 106 valence electrons. The highest BCUT2D eigenvalue weighted by Gasteiger charge is 2.23. The van der Waals surface area contributed by atoms with Crippen LogP contribution in [0.5, 0.6) is 0 Å². The van der Waals surface area contributed by atoms with Gasteiger partial charge in [-0.2, -0.15) is 0 Å². The van der Waals surface area contributed by atoms with E-state index >= 15 is 0 Å². The zero-order valence-corrected chi connectivity index (χ0v) is 12.3. The molecule has 0 aromatic heterocycles. The fourth-order valence-corrected chi connectivity index (χ4v) is 3.52. The summed E-state index contributed by atoms with van der Waals surface area (Å²) < 4.78 is 0. The molecule has 2 heterocycles. The van der Waals surface area contributed by atoms with Crippen LogP contribution in [0.3, 0.4) is 0 Å². The molecule has 0 saturated carbocycles. The number of rotatable bonds is 4. The average Bonchev–Trinajstić information content (AvgIpc) is 2.62. The van der Waals surface area contributed by atoms with Crippen molar-refractivity contribution in [1.82, 2.24) is 15.1 Å². The number of hydrogen-bond acceptors (Lipinski definition) is 3. The summed E-state index contributed by atoms with van der Waals surface area (Å²) in [5.74, 6) is 0.937. The molecule has 3 nitrogen and oxygen atoms in total. The number of nitrogens with one attached hydrogen (secondary N) is 1. The van der Waals surface area contributed by atoms with Crippen molar-refractivity contribution in [2.45, 2.75) is 45.1 Å². The Morgan fingerprint density at radius 3 is 2.61 bits per heavy atom. The lowest BCUT2D eigenvalue weighted by atomic mass is 9.96. The van der Waals surface area contributed by atoms with Crippen molar-refractivity contribution >= 4 is 0 Å². The molecule has 0 aliphatic carbocycles. The molecule has 2 saturated heterocycles. The Balaban J connectivity index is 1.82. The molecule has 18 heavy (non-hydrogen) atoms. The van der Waals surface area contributed by atoms with Crippen LogP contribution in [0.1, 0.15) is 39.0 Å². The highest BCUT2D eigenvalue weighted by molar-refractivity contribution is 4.79. The van der Waals surface area contributed by atoms with Gasteiger partial charge in [0.2, 0.25) is 0 Å². The topological polar surface area (TPSA) is 18.5 Å². The van der Waals surface area contributed by atoms with Crippen molar-refractivity contribution in [2.24, 2.45) is 5.92 Å². The molecule has 0 amide bonds. The smallest absolute Gasteiger partial charge is 0.0108 e. The first-order chi connectivity index (χ1) is 8.79. The van der Waals surface area contributed by atoms with Crippen LogP contribution in [0.4, 0.5) is 0 Å². The van der Waals surface area contributed by atoms with Gasteiger partial charge in [0.05, 0.1) is 0 Å². The molecule has 1 atom stereocenters. The third kappa shape index (κ3) is 4.22. The highest BCUT2D eigenvalue weighted by Crippen LogP contribution is 2.20. The fraction of sp³-hybridized carbons (Fsp3) is 1.00. The maximum Gasteiger partial charge on any atom is 0.0108 e. The van der Waals surface area contributed by atoms with Crippen molar-refractivity contribution in [1.29, 1.82) is 0 Å². The lowest BCUT2D eigenvalue weighted by molar-refractivity contribution is 0.146. The van der Waals surface area contributed by atoms with Crippen LogP contribution in [0, 0.1) is 5.92 Å². The summed E-state index contributed by atoms with van der Waals surface area (Å²) in [4.78, 5) is 5.27. The summed E-state index contributed by atoms with van der Waals surface area (Å²) in [7, 11) is 2.27. The Bertz CT molecular complexity index is 226. The molecule has 2 aliphatic rings. The van der Waals surface area contributed by atoms with Gasteiger partial charge >= 0.3 is 0 Å². The lowest BCUT2D eigenvalue weighted by Crippen LogP contribution is -2.41. The van der Waals surface area contributed by atoms with E-state index in [1.165, 1.54) is 71.4 Å². The van der Waals surface area contributed by atoms with Gasteiger partial charge in [0.25, 0.3) is 0 Å². The van der Waals surface area contributed by atoms with E-state index < -0.39 is 0 Å². The Morgan fingerprint density at radius 2 is 1.89 bits per heavy atom. The SMILES string of the molecule is CCN(CC1CCNCC1)C1CCCN(C)CC1. The molecule has 2 rings (SSSR count). The van der Waals surface area contributed by atoms with E-state index in [4.69, 9.17) is 0 Å². The van der Waals surface area contributed by atoms with E-state index in [0.29, 0.717) is 0 Å². The van der Waals surface area contributed by atoms with Gasteiger partial charge in [0, 0.05) is 12.6 Å². The second-order valence-electron chi connectivity index (χ2n) is 6.17. The van der Waals surface area contributed by atoms with Gasteiger partial charge in [0.1, 0.15) is 0 Å². The maximum absolute atomic E-state index is 3.48. The van der Waals surface area contributed by atoms with Crippen LogP contribution < -0.4 is 5.32 Å². The summed E-state index contributed by atoms with van der Waals surface area (Å²) >= 11 is 0. The van der Waals surface area contributed by atoms with Gasteiger partial charge in [-0.15, -0.1) is 0 Å². The summed E-state index contributed by atoms with van der Waals surface area (Å²) in [6.07, 6.45) is 6.91. The summed E-state index contributed by atoms with van der Waals surface area (Å²) in [5.41, 5.74) is 0. The predicted molar refractivity (Wildman–Crippen MR) is 78.0 cm³/mol. The van der Waals surface area contributed by atoms with E-state index in [2.05, 4.69) is 29.1 Å². The molecule has 0 bridgehead atoms. The van der Waals surface area contributed by atoms with E-state index in [-0.39, 0.29) is 0 Å². The number of piperidine rings is 1. The molecule has 2 fully saturated rings. The van der Waals surface area contributed by atoms with E-state index in [0.717, 1.165) is 12.0 Å². The van der Waals surface area contributed by atoms with Crippen molar-refractivity contribution in [3.8, 4) is 0 Å². The Morgan fingerprint density at radius 1 is 1.11 bits per heavy atom. The van der Waals surface area contributed by atoms with Crippen LogP contribution >= 0.6 is 0 Å². The monoisotopic (exact) mass is 253 g/mol. The molecule has 0 radical (unpaired) electrons. The average molecular weight is 253 g/mol. The summed E-state index contributed by atoms with van der Waals surface area (Å²) in [6, 6.07) is 0.842. The van der Waals surface area contributed by atoms with Crippen molar-refractivity contribution in [3.05, 3.63) is 0 Å². The van der Waals surface area contributed by atoms with Crippen molar-refractivity contribution in [3.63, 3.8) is 0 Å². The first-order valence-electron chi connectivity index (χ1n) is 7.93. The fourth-order valence-electron chi connectivity index (χ4n) is 3.52. The molecule has 1 N–H and O–H groups in total. The molecule has 1 unspecified atom stereocenters. The minimum absolute atomic E-state index is 0.842. The zero-order valence-electron chi connectivity index (χ0n) is 12.3. The van der Waals surface area contributed by atoms with Crippen LogP contribution in [-0.2, 0) is 0 Å². The quantitative estimate of drug-likeness (QED) is 0.824. The van der Waals surface area contributed by atoms with Crippen LogP contribution in [0.15, 0.2) is 0 Å². The molecule has 3 heteroatoms. The van der Waals surface area contributed by atoms with Crippen LogP contribution in [0.25, 0.3) is 0 Å². The third-order valence-electron chi connectivity index (χ3n) is 4.80. The maximum atomic E-state index is 3.48. The Kier molecular flexibility index (Phi) is 5.93. The first-order valence-corrected chi connectivity index (χ1v) is 7.93. The van der Waals surface area contributed by atoms with Gasteiger partial charge in [-0.1, -0.05) is 6.92 Å². The van der Waals surface area contributed by atoms with Gasteiger partial charge < -0.3 is 15.1 Å². The summed E-state index contributed by atoms with van der Waals surface area (Å²) in [6.45, 7) is 9.96. The number of nitrogens with zero attached hydrogens (tertiary/aromatic N) is 2. The van der Waals surface area contributed by atoms with Gasteiger partial charge in [-0.25, -0.2) is 0 Å². The normalized spacial score (nSPS) is 28.5. The van der Waals surface area contributed by atoms with Gasteiger partial charge in [0.15, 0.2) is 0 Å². The van der Waals surface area contributed by atoms with Crippen LogP contribution in [0.2, 0.25) is 0 Å². The molecular formula is C15H31N3. The standard InChI is InChI=1S/C15H31N3/c1-3-18(13-14-6-9-16-10-7-14)15-5-4-11-17(2)12-8-15/h14-16H,3-13H2,1-2H3. The molecule has 0 aromatic rings. The van der Waals surface area contributed by atoms with E-state index in [1.54, 1.807) is 0 Å². The minimum atomic E-state index is 0.842. The molecule has 2 aliphatic heterocycles. The number of hydrogen-bond donors (Lipinski definition) is 1. The molecular weight excluding hydrogens is 222 g/mol. The lowest BCUT2D eigenvalue weighted by Gasteiger charge is -2.34. The largest absolute Gasteiger partial charge is 0.317 e. The van der Waals surface area contributed by atoms with E-state index in [9.17, 15) is 0 Å². The predicted octanol–water partition coefficient (Wildman–Crippen LogP) is 1.79. The van der Waals surface area contributed by atoms with Crippen molar-refractivity contribution < 1.29 is 0 Å².